The molecule has 0 atom stereocenters. The lowest BCUT2D eigenvalue weighted by Crippen LogP contribution is -2.59. The molecule has 0 aromatic carbocycles. The lowest BCUT2D eigenvalue weighted by Gasteiger charge is -2.34. The Balaban J connectivity index is 2.53. The molecular formula is C14H26N2O4. The molecule has 0 heterocycles. The second kappa shape index (κ2) is 6.92. The van der Waals surface area contributed by atoms with Gasteiger partial charge in [0, 0.05) is 13.2 Å². The van der Waals surface area contributed by atoms with Gasteiger partial charge in [-0.3, -0.25) is 0 Å². The van der Waals surface area contributed by atoms with Crippen LogP contribution in [0.1, 0.15) is 52.9 Å². The molecule has 0 aromatic heterocycles. The van der Waals surface area contributed by atoms with E-state index in [9.17, 15) is 14.7 Å². The Labute approximate surface area is 120 Å². The van der Waals surface area contributed by atoms with Crippen LogP contribution in [0.25, 0.3) is 0 Å². The van der Waals surface area contributed by atoms with Gasteiger partial charge in [0.15, 0.2) is 0 Å². The van der Waals surface area contributed by atoms with Crippen LogP contribution in [0.4, 0.5) is 4.79 Å². The second-order valence-electron chi connectivity index (χ2n) is 5.95. The van der Waals surface area contributed by atoms with Crippen molar-refractivity contribution in [3.05, 3.63) is 0 Å². The summed E-state index contributed by atoms with van der Waals surface area (Å²) < 4.78 is 5.48. The molecule has 6 heteroatoms. The molecule has 0 unspecified atom stereocenters. The molecular weight excluding hydrogens is 260 g/mol. The molecule has 0 spiro atoms. The summed E-state index contributed by atoms with van der Waals surface area (Å²) in [5.74, 6) is -0.948. The van der Waals surface area contributed by atoms with E-state index >= 15 is 0 Å². The molecule has 1 aliphatic carbocycles. The van der Waals surface area contributed by atoms with E-state index in [0.29, 0.717) is 26.0 Å². The maximum atomic E-state index is 11.9. The van der Waals surface area contributed by atoms with Crippen LogP contribution < -0.4 is 10.6 Å². The maximum Gasteiger partial charge on any atom is 0.329 e. The van der Waals surface area contributed by atoms with Gasteiger partial charge in [0.05, 0.1) is 5.60 Å². The van der Waals surface area contributed by atoms with Crippen molar-refractivity contribution >= 4 is 12.0 Å². The van der Waals surface area contributed by atoms with Gasteiger partial charge in [-0.15, -0.1) is 0 Å². The van der Waals surface area contributed by atoms with Crippen molar-refractivity contribution in [2.24, 2.45) is 0 Å². The molecule has 116 valence electrons. The number of carbonyl (C=O) groups is 2. The van der Waals surface area contributed by atoms with Gasteiger partial charge in [0.1, 0.15) is 5.54 Å². The Bertz CT molecular complexity index is 349. The molecule has 1 fully saturated rings. The zero-order valence-electron chi connectivity index (χ0n) is 12.6. The molecule has 0 saturated heterocycles. The highest BCUT2D eigenvalue weighted by molar-refractivity contribution is 5.86. The average molecular weight is 286 g/mol. The van der Waals surface area contributed by atoms with Gasteiger partial charge >= 0.3 is 12.0 Å². The lowest BCUT2D eigenvalue weighted by molar-refractivity contribution is -0.145. The van der Waals surface area contributed by atoms with Crippen LogP contribution in [0.3, 0.4) is 0 Å². The fourth-order valence-electron chi connectivity index (χ4n) is 2.54. The first kappa shape index (κ1) is 16.8. The number of urea groups is 1. The van der Waals surface area contributed by atoms with Crippen molar-refractivity contribution in [2.45, 2.75) is 64.0 Å². The summed E-state index contributed by atoms with van der Waals surface area (Å²) in [7, 11) is 0. The first-order valence-electron chi connectivity index (χ1n) is 7.25. The van der Waals surface area contributed by atoms with Gasteiger partial charge in [0.25, 0.3) is 0 Å². The van der Waals surface area contributed by atoms with Crippen LogP contribution >= 0.6 is 0 Å². The largest absolute Gasteiger partial charge is 0.480 e. The van der Waals surface area contributed by atoms with Crippen LogP contribution in [0.5, 0.6) is 0 Å². The Morgan fingerprint density at radius 3 is 2.35 bits per heavy atom. The first-order chi connectivity index (χ1) is 9.31. The van der Waals surface area contributed by atoms with E-state index < -0.39 is 23.1 Å². The van der Waals surface area contributed by atoms with Crippen LogP contribution in [0.2, 0.25) is 0 Å². The fraction of sp³-hybridized carbons (Fsp3) is 0.857. The third-order valence-electron chi connectivity index (χ3n) is 3.68. The standard InChI is InChI=1S/C14H26N2O4/c1-4-20-13(2,3)10-15-12(19)16-14(11(17)18)8-6-5-7-9-14/h4-10H2,1-3H3,(H,17,18)(H2,15,16,19). The van der Waals surface area contributed by atoms with Gasteiger partial charge < -0.3 is 20.5 Å². The molecule has 0 bridgehead atoms. The van der Waals surface area contributed by atoms with Crippen molar-refractivity contribution in [1.82, 2.24) is 10.6 Å². The summed E-state index contributed by atoms with van der Waals surface area (Å²) in [5, 5.41) is 14.7. The monoisotopic (exact) mass is 286 g/mol. The molecule has 2 amide bonds. The number of ether oxygens (including phenoxy) is 1. The predicted octanol–water partition coefficient (Wildman–Crippen LogP) is 1.89. The highest BCUT2D eigenvalue weighted by Crippen LogP contribution is 2.28. The number of carbonyl (C=O) groups excluding carboxylic acids is 1. The Morgan fingerprint density at radius 1 is 1.25 bits per heavy atom. The van der Waals surface area contributed by atoms with Crippen molar-refractivity contribution < 1.29 is 19.4 Å². The Hall–Kier alpha value is -1.30. The maximum absolute atomic E-state index is 11.9. The fourth-order valence-corrected chi connectivity index (χ4v) is 2.54. The van der Waals surface area contributed by atoms with E-state index in [1.54, 1.807) is 0 Å². The second-order valence-corrected chi connectivity index (χ2v) is 5.95. The molecule has 1 saturated carbocycles. The minimum absolute atomic E-state index is 0.336. The third-order valence-corrected chi connectivity index (χ3v) is 3.68. The summed E-state index contributed by atoms with van der Waals surface area (Å²) >= 11 is 0. The molecule has 3 N–H and O–H groups in total. The zero-order valence-corrected chi connectivity index (χ0v) is 12.6. The number of amides is 2. The van der Waals surface area contributed by atoms with E-state index in [4.69, 9.17) is 4.74 Å². The highest BCUT2D eigenvalue weighted by Gasteiger charge is 2.41. The highest BCUT2D eigenvalue weighted by atomic mass is 16.5. The van der Waals surface area contributed by atoms with E-state index in [1.807, 2.05) is 20.8 Å². The quantitative estimate of drug-likeness (QED) is 0.696. The number of hydrogen-bond acceptors (Lipinski definition) is 3. The molecule has 0 radical (unpaired) electrons. The summed E-state index contributed by atoms with van der Waals surface area (Å²) in [6.07, 6.45) is 3.67. The number of rotatable bonds is 6. The lowest BCUT2D eigenvalue weighted by atomic mass is 9.82. The first-order valence-corrected chi connectivity index (χ1v) is 7.25. The smallest absolute Gasteiger partial charge is 0.329 e. The topological polar surface area (TPSA) is 87.7 Å². The van der Waals surface area contributed by atoms with E-state index in [0.717, 1.165) is 19.3 Å². The van der Waals surface area contributed by atoms with Crippen LogP contribution in [0.15, 0.2) is 0 Å². The zero-order chi connectivity index (χ0) is 15.2. The van der Waals surface area contributed by atoms with E-state index in [2.05, 4.69) is 10.6 Å². The SMILES string of the molecule is CCOC(C)(C)CNC(=O)NC1(C(=O)O)CCCCC1. The van der Waals surface area contributed by atoms with Crippen LogP contribution in [-0.2, 0) is 9.53 Å². The third kappa shape index (κ3) is 4.67. The number of carboxylic acids is 1. The molecule has 1 rings (SSSR count). The van der Waals surface area contributed by atoms with Gasteiger partial charge in [-0.05, 0) is 33.6 Å². The van der Waals surface area contributed by atoms with E-state index in [1.165, 1.54) is 0 Å². The number of hydrogen-bond donors (Lipinski definition) is 3. The van der Waals surface area contributed by atoms with Crippen LogP contribution in [0, 0.1) is 0 Å². The Morgan fingerprint density at radius 2 is 1.85 bits per heavy atom. The minimum atomic E-state index is -1.11. The van der Waals surface area contributed by atoms with Gasteiger partial charge in [-0.2, -0.15) is 0 Å². The summed E-state index contributed by atoms with van der Waals surface area (Å²) in [5.41, 5.74) is -1.58. The molecule has 1 aliphatic rings. The number of nitrogens with one attached hydrogen (secondary N) is 2. The van der Waals surface area contributed by atoms with Gasteiger partial charge in [0.2, 0.25) is 0 Å². The number of aliphatic carboxylic acids is 1. The van der Waals surface area contributed by atoms with Crippen molar-refractivity contribution in [1.29, 1.82) is 0 Å². The molecule has 20 heavy (non-hydrogen) atoms. The summed E-state index contributed by atoms with van der Waals surface area (Å²) in [4.78, 5) is 23.4. The minimum Gasteiger partial charge on any atom is -0.480 e. The van der Waals surface area contributed by atoms with Gasteiger partial charge in [-0.25, -0.2) is 9.59 Å². The molecule has 0 aliphatic heterocycles. The summed E-state index contributed by atoms with van der Waals surface area (Å²) in [6, 6.07) is -0.443. The molecule has 0 aromatic rings. The van der Waals surface area contributed by atoms with E-state index in [-0.39, 0.29) is 0 Å². The normalized spacial score (nSPS) is 18.4. The van der Waals surface area contributed by atoms with Gasteiger partial charge in [-0.1, -0.05) is 19.3 Å². The van der Waals surface area contributed by atoms with Crippen molar-refractivity contribution in [2.75, 3.05) is 13.2 Å². The van der Waals surface area contributed by atoms with Crippen molar-refractivity contribution in [3.8, 4) is 0 Å². The summed E-state index contributed by atoms with van der Waals surface area (Å²) in [6.45, 7) is 6.55. The average Bonchev–Trinajstić information content (AvgIpc) is 2.37. The molecule has 6 nitrogen and oxygen atoms in total. The van der Waals surface area contributed by atoms with Crippen molar-refractivity contribution in [3.63, 3.8) is 0 Å². The number of carboxylic acid groups (broad SMARTS) is 1. The van der Waals surface area contributed by atoms with Crippen LogP contribution in [-0.4, -0.2) is 41.4 Å². The predicted molar refractivity (Wildman–Crippen MR) is 75.7 cm³/mol. The Kier molecular flexibility index (Phi) is 5.80.